The van der Waals surface area contributed by atoms with Crippen molar-refractivity contribution in [3.8, 4) is 0 Å². The summed E-state index contributed by atoms with van der Waals surface area (Å²) < 4.78 is 5.35. The average Bonchev–Trinajstić information content (AvgIpc) is 2.61. The molecule has 1 saturated heterocycles. The minimum absolute atomic E-state index is 0. The van der Waals surface area contributed by atoms with Crippen LogP contribution in [0.5, 0.6) is 0 Å². The fourth-order valence-corrected chi connectivity index (χ4v) is 3.18. The number of likely N-dealkylation sites (tertiary alicyclic amines) is 1. The molecule has 0 radical (unpaired) electrons. The molecular weight excluding hydrogens is 427 g/mol. The van der Waals surface area contributed by atoms with Crippen LogP contribution in [0, 0.1) is 0 Å². The van der Waals surface area contributed by atoms with Gasteiger partial charge in [0.05, 0.1) is 6.61 Å². The maximum atomic E-state index is 5.35. The number of rotatable bonds is 7. The molecule has 1 aromatic rings. The maximum absolute atomic E-state index is 5.35. The van der Waals surface area contributed by atoms with E-state index in [0.717, 1.165) is 45.0 Å². The van der Waals surface area contributed by atoms with Gasteiger partial charge in [-0.1, -0.05) is 30.3 Å². The lowest BCUT2D eigenvalue weighted by atomic mass is 9.97. The highest BCUT2D eigenvalue weighted by molar-refractivity contribution is 14.0. The second-order valence-corrected chi connectivity index (χ2v) is 6.37. The van der Waals surface area contributed by atoms with Gasteiger partial charge < -0.3 is 15.4 Å². The molecule has 1 aliphatic heterocycles. The summed E-state index contributed by atoms with van der Waals surface area (Å²) in [6.07, 6.45) is 2.28. The molecule has 0 spiro atoms. The molecule has 5 nitrogen and oxygen atoms in total. The molecule has 2 atom stereocenters. The Morgan fingerprint density at radius 3 is 2.72 bits per heavy atom. The third-order valence-corrected chi connectivity index (χ3v) is 4.55. The molecule has 0 amide bonds. The van der Waals surface area contributed by atoms with Crippen LogP contribution in [-0.4, -0.2) is 56.3 Å². The van der Waals surface area contributed by atoms with Crippen LogP contribution in [0.15, 0.2) is 35.3 Å². The normalized spacial score (nSPS) is 21.5. The number of aliphatic imine (C=N–C) groups is 1. The van der Waals surface area contributed by atoms with Crippen LogP contribution in [0.1, 0.15) is 32.3 Å². The highest BCUT2D eigenvalue weighted by Crippen LogP contribution is 2.19. The predicted molar refractivity (Wildman–Crippen MR) is 116 cm³/mol. The average molecular weight is 460 g/mol. The van der Waals surface area contributed by atoms with Crippen LogP contribution < -0.4 is 10.6 Å². The molecule has 0 aliphatic carbocycles. The highest BCUT2D eigenvalue weighted by atomic mass is 127. The molecule has 1 aliphatic rings. The van der Waals surface area contributed by atoms with E-state index in [4.69, 9.17) is 4.74 Å². The quantitative estimate of drug-likeness (QED) is 0.285. The summed E-state index contributed by atoms with van der Waals surface area (Å²) in [6, 6.07) is 11.8. The smallest absolute Gasteiger partial charge is 0.191 e. The van der Waals surface area contributed by atoms with Crippen molar-refractivity contribution in [1.82, 2.24) is 15.5 Å². The van der Waals surface area contributed by atoms with Gasteiger partial charge in [0.2, 0.25) is 0 Å². The van der Waals surface area contributed by atoms with Gasteiger partial charge >= 0.3 is 0 Å². The number of piperidine rings is 1. The Balaban J connectivity index is 0.00000312. The lowest BCUT2D eigenvalue weighted by molar-refractivity contribution is 0.134. The van der Waals surface area contributed by atoms with Crippen LogP contribution in [0.3, 0.4) is 0 Å². The number of hydrogen-bond acceptors (Lipinski definition) is 3. The maximum Gasteiger partial charge on any atom is 0.191 e. The van der Waals surface area contributed by atoms with Gasteiger partial charge in [-0.05, 0) is 32.3 Å². The summed E-state index contributed by atoms with van der Waals surface area (Å²) in [4.78, 5) is 6.89. The number of nitrogens with one attached hydrogen (secondary N) is 2. The van der Waals surface area contributed by atoms with E-state index in [1.165, 1.54) is 5.56 Å². The molecule has 1 heterocycles. The van der Waals surface area contributed by atoms with Gasteiger partial charge in [-0.2, -0.15) is 0 Å². The third kappa shape index (κ3) is 7.92. The molecule has 2 unspecified atom stereocenters. The van der Waals surface area contributed by atoms with E-state index in [-0.39, 0.29) is 24.0 Å². The number of benzene rings is 1. The second-order valence-electron chi connectivity index (χ2n) is 6.37. The van der Waals surface area contributed by atoms with Crippen LogP contribution in [0.25, 0.3) is 0 Å². The minimum Gasteiger partial charge on any atom is -0.380 e. The highest BCUT2D eigenvalue weighted by Gasteiger charge is 2.25. The van der Waals surface area contributed by atoms with E-state index in [2.05, 4.69) is 57.8 Å². The molecular formula is C19H33IN4O. The lowest BCUT2D eigenvalue weighted by Crippen LogP contribution is -2.51. The topological polar surface area (TPSA) is 48.9 Å². The van der Waals surface area contributed by atoms with Crippen molar-refractivity contribution in [2.45, 2.75) is 45.3 Å². The Hall–Kier alpha value is -0.860. The van der Waals surface area contributed by atoms with Gasteiger partial charge in [-0.25, -0.2) is 0 Å². The van der Waals surface area contributed by atoms with Crippen molar-refractivity contribution in [2.75, 3.05) is 33.4 Å². The number of ether oxygens (including phenoxy) is 1. The number of guanidine groups is 1. The third-order valence-electron chi connectivity index (χ3n) is 4.55. The minimum atomic E-state index is 0. The van der Waals surface area contributed by atoms with E-state index in [0.29, 0.717) is 18.7 Å². The first-order chi connectivity index (χ1) is 11.7. The molecule has 2 rings (SSSR count). The number of hydrogen-bond donors (Lipinski definition) is 2. The SMILES string of the molecule is CCOCCNC(=NC)NC1CCN(Cc2ccccc2)C(C)C1.I. The molecule has 1 aromatic carbocycles. The van der Waals surface area contributed by atoms with Crippen LogP contribution in [0.2, 0.25) is 0 Å². The Morgan fingerprint density at radius 1 is 1.32 bits per heavy atom. The zero-order valence-corrected chi connectivity index (χ0v) is 18.0. The summed E-state index contributed by atoms with van der Waals surface area (Å²) in [5.41, 5.74) is 1.39. The molecule has 25 heavy (non-hydrogen) atoms. The van der Waals surface area contributed by atoms with Gasteiger partial charge in [0, 0.05) is 45.4 Å². The largest absolute Gasteiger partial charge is 0.380 e. The van der Waals surface area contributed by atoms with Crippen molar-refractivity contribution in [3.05, 3.63) is 35.9 Å². The molecule has 2 N–H and O–H groups in total. The van der Waals surface area contributed by atoms with Gasteiger partial charge in [0.25, 0.3) is 0 Å². The van der Waals surface area contributed by atoms with E-state index in [9.17, 15) is 0 Å². The standard InChI is InChI=1S/C19H32N4O.HI/c1-4-24-13-11-21-19(20-3)22-18-10-12-23(16(2)14-18)15-17-8-6-5-7-9-17;/h5-9,16,18H,4,10-15H2,1-3H3,(H2,20,21,22);1H. The Labute approximate surface area is 169 Å². The molecule has 142 valence electrons. The van der Waals surface area contributed by atoms with Gasteiger partial charge in [-0.3, -0.25) is 9.89 Å². The molecule has 0 aromatic heterocycles. The lowest BCUT2D eigenvalue weighted by Gasteiger charge is -2.38. The van der Waals surface area contributed by atoms with Crippen LogP contribution in [-0.2, 0) is 11.3 Å². The summed E-state index contributed by atoms with van der Waals surface area (Å²) in [5, 5.41) is 6.87. The van der Waals surface area contributed by atoms with Crippen molar-refractivity contribution >= 4 is 29.9 Å². The molecule has 0 bridgehead atoms. The fraction of sp³-hybridized carbons (Fsp3) is 0.632. The van der Waals surface area contributed by atoms with E-state index in [1.54, 1.807) is 0 Å². The molecule has 0 saturated carbocycles. The summed E-state index contributed by atoms with van der Waals surface area (Å²) in [7, 11) is 1.82. The Bertz CT molecular complexity index is 497. The van der Waals surface area contributed by atoms with Crippen molar-refractivity contribution < 1.29 is 4.74 Å². The van der Waals surface area contributed by atoms with Crippen molar-refractivity contribution in [1.29, 1.82) is 0 Å². The monoisotopic (exact) mass is 460 g/mol. The van der Waals surface area contributed by atoms with Gasteiger partial charge in [0.15, 0.2) is 5.96 Å². The molecule has 1 fully saturated rings. The zero-order chi connectivity index (χ0) is 17.2. The first-order valence-corrected chi connectivity index (χ1v) is 9.05. The summed E-state index contributed by atoms with van der Waals surface area (Å²) in [6.45, 7) is 8.74. The summed E-state index contributed by atoms with van der Waals surface area (Å²) in [5.74, 6) is 0.878. The van der Waals surface area contributed by atoms with Crippen LogP contribution >= 0.6 is 24.0 Å². The zero-order valence-electron chi connectivity index (χ0n) is 15.7. The van der Waals surface area contributed by atoms with E-state index in [1.807, 2.05) is 14.0 Å². The van der Waals surface area contributed by atoms with Crippen molar-refractivity contribution in [2.24, 2.45) is 4.99 Å². The van der Waals surface area contributed by atoms with E-state index >= 15 is 0 Å². The van der Waals surface area contributed by atoms with Gasteiger partial charge in [0.1, 0.15) is 0 Å². The number of nitrogens with zero attached hydrogens (tertiary/aromatic N) is 2. The first kappa shape index (κ1) is 22.2. The van der Waals surface area contributed by atoms with Crippen molar-refractivity contribution in [3.63, 3.8) is 0 Å². The summed E-state index contributed by atoms with van der Waals surface area (Å²) >= 11 is 0. The van der Waals surface area contributed by atoms with Crippen LogP contribution in [0.4, 0.5) is 0 Å². The molecule has 6 heteroatoms. The second kappa shape index (κ2) is 12.5. The van der Waals surface area contributed by atoms with E-state index < -0.39 is 0 Å². The Kier molecular flexibility index (Phi) is 11.1. The first-order valence-electron chi connectivity index (χ1n) is 9.05. The van der Waals surface area contributed by atoms with Gasteiger partial charge in [-0.15, -0.1) is 24.0 Å². The Morgan fingerprint density at radius 2 is 2.08 bits per heavy atom. The fourth-order valence-electron chi connectivity index (χ4n) is 3.18. The predicted octanol–water partition coefficient (Wildman–Crippen LogP) is 2.86. The number of halogens is 1.